The molecule has 0 bridgehead atoms. The summed E-state index contributed by atoms with van der Waals surface area (Å²) in [4.78, 5) is 0. The van der Waals surface area contributed by atoms with Crippen LogP contribution < -0.4 is 0 Å². The summed E-state index contributed by atoms with van der Waals surface area (Å²) in [5.74, 6) is 0. The Morgan fingerprint density at radius 3 is 2.55 bits per heavy atom. The van der Waals surface area contributed by atoms with Crippen LogP contribution in [-0.2, 0) is 5.54 Å². The molecular formula is C7H10N4. The molecule has 0 N–H and O–H groups in total. The minimum Gasteiger partial charge on any atom is -0.229 e. The molecule has 0 atom stereocenters. The lowest BCUT2D eigenvalue weighted by atomic mass is 10.1. The normalized spacial score (nSPS) is 11.1. The Balaban J connectivity index is 3.15. The lowest BCUT2D eigenvalue weighted by Crippen LogP contribution is -2.24. The zero-order valence-electron chi connectivity index (χ0n) is 6.87. The van der Waals surface area contributed by atoms with Gasteiger partial charge in [0.1, 0.15) is 6.07 Å². The fraction of sp³-hybridized carbons (Fsp3) is 0.571. The topological polar surface area (TPSA) is 54.5 Å². The molecule has 1 aromatic rings. The zero-order chi connectivity index (χ0) is 8.48. The van der Waals surface area contributed by atoms with E-state index < -0.39 is 0 Å². The van der Waals surface area contributed by atoms with Crippen molar-refractivity contribution in [1.29, 1.82) is 5.26 Å². The van der Waals surface area contributed by atoms with Gasteiger partial charge in [0.05, 0.1) is 11.7 Å². The number of hydrogen-bond acceptors (Lipinski definition) is 3. The first-order valence-electron chi connectivity index (χ1n) is 3.37. The fourth-order valence-corrected chi connectivity index (χ4v) is 0.807. The Kier molecular flexibility index (Phi) is 1.65. The van der Waals surface area contributed by atoms with E-state index in [-0.39, 0.29) is 5.54 Å². The summed E-state index contributed by atoms with van der Waals surface area (Å²) in [5, 5.41) is 16.1. The van der Waals surface area contributed by atoms with E-state index in [2.05, 4.69) is 10.3 Å². The van der Waals surface area contributed by atoms with Gasteiger partial charge in [-0.3, -0.25) is 0 Å². The largest absolute Gasteiger partial charge is 0.229 e. The van der Waals surface area contributed by atoms with Crippen LogP contribution in [0.3, 0.4) is 0 Å². The molecule has 4 heteroatoms. The predicted molar refractivity (Wildman–Crippen MR) is 39.7 cm³/mol. The third-order valence-electron chi connectivity index (χ3n) is 1.30. The molecule has 11 heavy (non-hydrogen) atoms. The van der Waals surface area contributed by atoms with Crippen molar-refractivity contribution >= 4 is 0 Å². The van der Waals surface area contributed by atoms with E-state index in [0.29, 0.717) is 5.69 Å². The molecule has 1 aromatic heterocycles. The van der Waals surface area contributed by atoms with Gasteiger partial charge in [0.25, 0.3) is 0 Å². The monoisotopic (exact) mass is 150 g/mol. The van der Waals surface area contributed by atoms with E-state index in [0.717, 1.165) is 0 Å². The molecule has 0 unspecified atom stereocenters. The van der Waals surface area contributed by atoms with E-state index in [4.69, 9.17) is 5.26 Å². The van der Waals surface area contributed by atoms with Gasteiger partial charge in [0.15, 0.2) is 5.69 Å². The van der Waals surface area contributed by atoms with Crippen LogP contribution >= 0.6 is 0 Å². The second-order valence-electron chi connectivity index (χ2n) is 3.31. The summed E-state index contributed by atoms with van der Waals surface area (Å²) >= 11 is 0. The smallest absolute Gasteiger partial charge is 0.159 e. The SMILES string of the molecule is CC(C)(C)n1nncc1C#N. The standard InChI is InChI=1S/C7H10N4/c1-7(2,3)11-6(4-8)5-9-10-11/h5H,1-3H3. The van der Waals surface area contributed by atoms with Crippen molar-refractivity contribution in [2.24, 2.45) is 0 Å². The van der Waals surface area contributed by atoms with Crippen molar-refractivity contribution in [3.8, 4) is 6.07 Å². The van der Waals surface area contributed by atoms with Gasteiger partial charge >= 0.3 is 0 Å². The zero-order valence-corrected chi connectivity index (χ0v) is 6.87. The molecule has 0 amide bonds. The highest BCUT2D eigenvalue weighted by Crippen LogP contribution is 2.13. The van der Waals surface area contributed by atoms with Crippen LogP contribution in [0.1, 0.15) is 26.5 Å². The van der Waals surface area contributed by atoms with E-state index in [1.54, 1.807) is 4.68 Å². The van der Waals surface area contributed by atoms with Crippen LogP contribution in [0.2, 0.25) is 0 Å². The van der Waals surface area contributed by atoms with E-state index >= 15 is 0 Å². The Morgan fingerprint density at radius 1 is 1.55 bits per heavy atom. The average molecular weight is 150 g/mol. The summed E-state index contributed by atoms with van der Waals surface area (Å²) in [6, 6.07) is 2.02. The average Bonchev–Trinajstić information content (AvgIpc) is 2.31. The van der Waals surface area contributed by atoms with Crippen LogP contribution in [0.15, 0.2) is 6.20 Å². The molecule has 1 rings (SSSR count). The van der Waals surface area contributed by atoms with Crippen molar-refractivity contribution < 1.29 is 0 Å². The third kappa shape index (κ3) is 1.37. The minimum atomic E-state index is -0.165. The van der Waals surface area contributed by atoms with Crippen molar-refractivity contribution in [3.63, 3.8) is 0 Å². The van der Waals surface area contributed by atoms with Gasteiger partial charge in [-0.05, 0) is 20.8 Å². The fourth-order valence-electron chi connectivity index (χ4n) is 0.807. The Bertz CT molecular complexity index is 286. The first-order chi connectivity index (χ1) is 5.05. The van der Waals surface area contributed by atoms with Gasteiger partial charge in [-0.15, -0.1) is 5.10 Å². The second-order valence-corrected chi connectivity index (χ2v) is 3.31. The first-order valence-corrected chi connectivity index (χ1v) is 3.37. The highest BCUT2D eigenvalue weighted by molar-refractivity contribution is 5.16. The quantitative estimate of drug-likeness (QED) is 0.552. The molecule has 0 saturated carbocycles. The number of nitrogens with zero attached hydrogens (tertiary/aromatic N) is 4. The van der Waals surface area contributed by atoms with Gasteiger partial charge in [-0.2, -0.15) is 5.26 Å². The Morgan fingerprint density at radius 2 is 2.18 bits per heavy atom. The highest BCUT2D eigenvalue weighted by Gasteiger charge is 2.17. The van der Waals surface area contributed by atoms with Crippen LogP contribution in [0.25, 0.3) is 0 Å². The summed E-state index contributed by atoms with van der Waals surface area (Å²) in [6.07, 6.45) is 1.46. The maximum Gasteiger partial charge on any atom is 0.159 e. The van der Waals surface area contributed by atoms with E-state index in [9.17, 15) is 0 Å². The number of rotatable bonds is 0. The van der Waals surface area contributed by atoms with Crippen LogP contribution in [0, 0.1) is 11.3 Å². The molecular weight excluding hydrogens is 140 g/mol. The summed E-state index contributed by atoms with van der Waals surface area (Å²) in [5.41, 5.74) is 0.333. The lowest BCUT2D eigenvalue weighted by molar-refractivity contribution is 0.344. The molecule has 0 radical (unpaired) electrons. The molecule has 58 valence electrons. The summed E-state index contributed by atoms with van der Waals surface area (Å²) in [6.45, 7) is 5.92. The van der Waals surface area contributed by atoms with Crippen molar-refractivity contribution in [1.82, 2.24) is 15.0 Å². The minimum absolute atomic E-state index is 0.165. The van der Waals surface area contributed by atoms with E-state index in [1.807, 2.05) is 26.8 Å². The number of aromatic nitrogens is 3. The van der Waals surface area contributed by atoms with Crippen molar-refractivity contribution in [3.05, 3.63) is 11.9 Å². The Hall–Kier alpha value is -1.37. The first kappa shape index (κ1) is 7.73. The summed E-state index contributed by atoms with van der Waals surface area (Å²) < 4.78 is 1.60. The second kappa shape index (κ2) is 2.35. The van der Waals surface area contributed by atoms with Gasteiger partial charge in [0.2, 0.25) is 0 Å². The van der Waals surface area contributed by atoms with Crippen molar-refractivity contribution in [2.45, 2.75) is 26.3 Å². The summed E-state index contributed by atoms with van der Waals surface area (Å²) in [7, 11) is 0. The van der Waals surface area contributed by atoms with Crippen LogP contribution in [0.4, 0.5) is 0 Å². The maximum atomic E-state index is 8.62. The molecule has 0 aliphatic carbocycles. The van der Waals surface area contributed by atoms with Gasteiger partial charge in [-0.25, -0.2) is 4.68 Å². The molecule has 0 saturated heterocycles. The van der Waals surface area contributed by atoms with Crippen LogP contribution in [0.5, 0.6) is 0 Å². The molecule has 4 nitrogen and oxygen atoms in total. The maximum absolute atomic E-state index is 8.62. The number of hydrogen-bond donors (Lipinski definition) is 0. The van der Waals surface area contributed by atoms with Crippen molar-refractivity contribution in [2.75, 3.05) is 0 Å². The van der Waals surface area contributed by atoms with Gasteiger partial charge < -0.3 is 0 Å². The van der Waals surface area contributed by atoms with Gasteiger partial charge in [0, 0.05) is 0 Å². The number of nitriles is 1. The lowest BCUT2D eigenvalue weighted by Gasteiger charge is -2.18. The molecule has 0 spiro atoms. The molecule has 0 aliphatic heterocycles. The third-order valence-corrected chi connectivity index (χ3v) is 1.30. The molecule has 0 aliphatic rings. The molecule has 0 aromatic carbocycles. The highest BCUT2D eigenvalue weighted by atomic mass is 15.4. The molecule has 0 fully saturated rings. The van der Waals surface area contributed by atoms with E-state index in [1.165, 1.54) is 6.20 Å². The van der Waals surface area contributed by atoms with Crippen LogP contribution in [-0.4, -0.2) is 15.0 Å². The van der Waals surface area contributed by atoms with Gasteiger partial charge in [-0.1, -0.05) is 5.21 Å². The predicted octanol–water partition coefficient (Wildman–Crippen LogP) is 0.905. The Labute approximate surface area is 65.4 Å². The molecule has 1 heterocycles.